The van der Waals surface area contributed by atoms with Gasteiger partial charge in [0, 0.05) is 30.6 Å². The van der Waals surface area contributed by atoms with E-state index >= 15 is 0 Å². The Morgan fingerprint density at radius 2 is 1.67 bits per heavy atom. The van der Waals surface area contributed by atoms with Gasteiger partial charge < -0.3 is 4.57 Å². The van der Waals surface area contributed by atoms with Gasteiger partial charge in [0.15, 0.2) is 0 Å². The molecule has 0 aliphatic carbocycles. The van der Waals surface area contributed by atoms with Crippen LogP contribution in [0.5, 0.6) is 0 Å². The third kappa shape index (κ3) is 2.77. The molecule has 1 aromatic heterocycles. The summed E-state index contributed by atoms with van der Waals surface area (Å²) in [5.41, 5.74) is 1.44. The number of piperidine rings is 1. The minimum atomic E-state index is 0.436. The average Bonchev–Trinajstić information content (AvgIpc) is 3.05. The van der Waals surface area contributed by atoms with E-state index in [0.29, 0.717) is 24.0 Å². The second kappa shape index (κ2) is 6.32. The zero-order chi connectivity index (χ0) is 16.7. The molecule has 2 aliphatic heterocycles. The maximum absolute atomic E-state index is 4.45. The number of nitrogens with zero attached hydrogens (tertiary/aromatic N) is 4. The van der Waals surface area contributed by atoms with Gasteiger partial charge in [-0.15, -0.1) is 10.2 Å². The molecule has 2 saturated heterocycles. The highest BCUT2D eigenvalue weighted by molar-refractivity contribution is 5.16. The van der Waals surface area contributed by atoms with Crippen LogP contribution in [0.2, 0.25) is 0 Å². The molecule has 2 bridgehead atoms. The first kappa shape index (κ1) is 15.8. The normalized spacial score (nSPS) is 27.1. The summed E-state index contributed by atoms with van der Waals surface area (Å²) in [6.07, 6.45) is 5.15. The van der Waals surface area contributed by atoms with Crippen molar-refractivity contribution in [2.24, 2.45) is 0 Å². The van der Waals surface area contributed by atoms with Crippen molar-refractivity contribution in [3.63, 3.8) is 0 Å². The van der Waals surface area contributed by atoms with Crippen LogP contribution in [0.25, 0.3) is 0 Å². The fourth-order valence-electron chi connectivity index (χ4n) is 4.74. The summed E-state index contributed by atoms with van der Waals surface area (Å²) in [4.78, 5) is 2.75. The van der Waals surface area contributed by atoms with Gasteiger partial charge in [-0.3, -0.25) is 4.90 Å². The van der Waals surface area contributed by atoms with Crippen molar-refractivity contribution in [2.45, 2.75) is 77.0 Å². The first-order chi connectivity index (χ1) is 11.6. The van der Waals surface area contributed by atoms with Crippen LogP contribution in [-0.4, -0.2) is 31.7 Å². The molecule has 0 unspecified atom stereocenters. The summed E-state index contributed by atoms with van der Waals surface area (Å²) in [5.74, 6) is 2.68. The second-order valence-corrected chi connectivity index (χ2v) is 7.80. The number of hydrogen-bond donors (Lipinski definition) is 0. The Balaban J connectivity index is 1.54. The van der Waals surface area contributed by atoms with Gasteiger partial charge in [0.1, 0.15) is 11.6 Å². The predicted octanol–water partition coefficient (Wildman–Crippen LogP) is 4.08. The number of fused-ring (bicyclic) bond motifs is 2. The molecule has 1 aromatic carbocycles. The Labute approximate surface area is 144 Å². The van der Waals surface area contributed by atoms with Crippen molar-refractivity contribution in [1.82, 2.24) is 19.7 Å². The SMILES string of the molecule is Cc1nnc(C(C)C)n1C1C[C@H]2CC[C@H](C1)N2Cc1ccccc1. The molecule has 2 aliphatic rings. The number of hydrogen-bond acceptors (Lipinski definition) is 3. The largest absolute Gasteiger partial charge is 0.312 e. The lowest BCUT2D eigenvalue weighted by atomic mass is 9.95. The van der Waals surface area contributed by atoms with Crippen LogP contribution in [0.1, 0.15) is 68.7 Å². The standard InChI is InChI=1S/C20H28N4/c1-14(2)20-22-21-15(3)24(20)19-11-17-9-10-18(12-19)23(17)13-16-7-5-4-6-8-16/h4-8,14,17-19H,9-13H2,1-3H3/t17-,18-/m1/s1. The topological polar surface area (TPSA) is 34.0 Å². The molecule has 0 amide bonds. The summed E-state index contributed by atoms with van der Waals surface area (Å²) in [6.45, 7) is 7.65. The van der Waals surface area contributed by atoms with E-state index in [1.54, 1.807) is 0 Å². The summed E-state index contributed by atoms with van der Waals surface area (Å²) in [7, 11) is 0. The lowest BCUT2D eigenvalue weighted by Crippen LogP contribution is -2.43. The van der Waals surface area contributed by atoms with Crippen LogP contribution in [0.3, 0.4) is 0 Å². The van der Waals surface area contributed by atoms with E-state index in [1.807, 2.05) is 0 Å². The fraction of sp³-hybridized carbons (Fsp3) is 0.600. The van der Waals surface area contributed by atoms with Crippen LogP contribution in [0.4, 0.5) is 0 Å². The molecular formula is C20H28N4. The Hall–Kier alpha value is -1.68. The van der Waals surface area contributed by atoms with Crippen molar-refractivity contribution in [2.75, 3.05) is 0 Å². The number of aryl methyl sites for hydroxylation is 1. The second-order valence-electron chi connectivity index (χ2n) is 7.80. The highest BCUT2D eigenvalue weighted by Gasteiger charge is 2.42. The molecule has 2 atom stereocenters. The first-order valence-corrected chi connectivity index (χ1v) is 9.34. The van der Waals surface area contributed by atoms with Gasteiger partial charge >= 0.3 is 0 Å². The van der Waals surface area contributed by atoms with Gasteiger partial charge in [-0.05, 0) is 38.2 Å². The van der Waals surface area contributed by atoms with Gasteiger partial charge in [0.05, 0.1) is 0 Å². The molecule has 128 valence electrons. The van der Waals surface area contributed by atoms with E-state index in [-0.39, 0.29) is 0 Å². The Morgan fingerprint density at radius 1 is 1.00 bits per heavy atom. The van der Waals surface area contributed by atoms with Crippen molar-refractivity contribution in [3.8, 4) is 0 Å². The number of benzene rings is 1. The molecule has 3 heterocycles. The van der Waals surface area contributed by atoms with Crippen LogP contribution in [-0.2, 0) is 6.54 Å². The van der Waals surface area contributed by atoms with E-state index < -0.39 is 0 Å². The van der Waals surface area contributed by atoms with Crippen LogP contribution in [0, 0.1) is 6.92 Å². The molecule has 4 heteroatoms. The van der Waals surface area contributed by atoms with Crippen LogP contribution in [0.15, 0.2) is 30.3 Å². The summed E-state index contributed by atoms with van der Waals surface area (Å²) in [6, 6.07) is 12.9. The molecule has 0 radical (unpaired) electrons. The van der Waals surface area contributed by atoms with E-state index in [1.165, 1.54) is 31.2 Å². The van der Waals surface area contributed by atoms with Crippen LogP contribution < -0.4 is 0 Å². The molecule has 0 spiro atoms. The first-order valence-electron chi connectivity index (χ1n) is 9.34. The van der Waals surface area contributed by atoms with Gasteiger partial charge in [0.2, 0.25) is 0 Å². The van der Waals surface area contributed by atoms with Crippen molar-refractivity contribution in [1.29, 1.82) is 0 Å². The third-order valence-corrected chi connectivity index (χ3v) is 5.84. The van der Waals surface area contributed by atoms with Crippen LogP contribution >= 0.6 is 0 Å². The lowest BCUT2D eigenvalue weighted by molar-refractivity contribution is 0.0973. The Morgan fingerprint density at radius 3 is 2.29 bits per heavy atom. The molecular weight excluding hydrogens is 296 g/mol. The minimum Gasteiger partial charge on any atom is -0.312 e. The van der Waals surface area contributed by atoms with Crippen molar-refractivity contribution < 1.29 is 0 Å². The summed E-state index contributed by atoms with van der Waals surface area (Å²) < 4.78 is 2.44. The quantitative estimate of drug-likeness (QED) is 0.850. The zero-order valence-corrected chi connectivity index (χ0v) is 15.0. The van der Waals surface area contributed by atoms with Gasteiger partial charge in [-0.2, -0.15) is 0 Å². The monoisotopic (exact) mass is 324 g/mol. The van der Waals surface area contributed by atoms with E-state index in [4.69, 9.17) is 0 Å². The molecule has 0 saturated carbocycles. The maximum Gasteiger partial charge on any atom is 0.135 e. The van der Waals surface area contributed by atoms with E-state index in [9.17, 15) is 0 Å². The van der Waals surface area contributed by atoms with Gasteiger partial charge in [-0.25, -0.2) is 0 Å². The maximum atomic E-state index is 4.45. The van der Waals surface area contributed by atoms with Crippen molar-refractivity contribution >= 4 is 0 Å². The molecule has 2 aromatic rings. The predicted molar refractivity (Wildman–Crippen MR) is 95.9 cm³/mol. The minimum absolute atomic E-state index is 0.436. The fourth-order valence-corrected chi connectivity index (χ4v) is 4.74. The molecule has 0 N–H and O–H groups in total. The van der Waals surface area contributed by atoms with E-state index in [0.717, 1.165) is 18.2 Å². The smallest absolute Gasteiger partial charge is 0.135 e. The summed E-state index contributed by atoms with van der Waals surface area (Å²) >= 11 is 0. The summed E-state index contributed by atoms with van der Waals surface area (Å²) in [5, 5.41) is 8.82. The molecule has 24 heavy (non-hydrogen) atoms. The van der Waals surface area contributed by atoms with Gasteiger partial charge in [-0.1, -0.05) is 44.2 Å². The zero-order valence-electron chi connectivity index (χ0n) is 15.0. The number of aromatic nitrogens is 3. The number of rotatable bonds is 4. The van der Waals surface area contributed by atoms with Gasteiger partial charge in [0.25, 0.3) is 0 Å². The molecule has 4 nitrogen and oxygen atoms in total. The Kier molecular flexibility index (Phi) is 4.17. The highest BCUT2D eigenvalue weighted by atomic mass is 15.3. The van der Waals surface area contributed by atoms with E-state index in [2.05, 4.69) is 70.8 Å². The molecule has 4 rings (SSSR count). The highest BCUT2D eigenvalue weighted by Crippen LogP contribution is 2.42. The van der Waals surface area contributed by atoms with Crippen molar-refractivity contribution in [3.05, 3.63) is 47.5 Å². The lowest BCUT2D eigenvalue weighted by Gasteiger charge is -2.40. The molecule has 2 fully saturated rings. The average molecular weight is 324 g/mol. The third-order valence-electron chi connectivity index (χ3n) is 5.84. The Bertz CT molecular complexity index is 677.